The molecule has 3 N–H and O–H groups in total. The lowest BCUT2D eigenvalue weighted by Crippen LogP contribution is -2.30. The van der Waals surface area contributed by atoms with Crippen LogP contribution in [0.2, 0.25) is 0 Å². The topological polar surface area (TPSA) is 237 Å². The van der Waals surface area contributed by atoms with Gasteiger partial charge in [-0.15, -0.1) is 0 Å². The van der Waals surface area contributed by atoms with E-state index >= 15 is 0 Å². The molecule has 0 aromatic heterocycles. The highest BCUT2D eigenvalue weighted by atomic mass is 31.2. The predicted octanol–water partition coefficient (Wildman–Crippen LogP) is 26.5. The molecule has 106 heavy (non-hydrogen) atoms. The van der Waals surface area contributed by atoms with Crippen LogP contribution in [0.25, 0.3) is 0 Å². The van der Waals surface area contributed by atoms with Crippen molar-refractivity contribution in [3.8, 4) is 0 Å². The fourth-order valence-electron chi connectivity index (χ4n) is 13.5. The molecular weight excluding hydrogens is 1380 g/mol. The predicted molar refractivity (Wildman–Crippen MR) is 437 cm³/mol. The summed E-state index contributed by atoms with van der Waals surface area (Å²) in [7, 11) is -9.93. The minimum atomic E-state index is -4.97. The van der Waals surface area contributed by atoms with Gasteiger partial charge in [-0.3, -0.25) is 37.3 Å². The molecular formula is C87H170O17P2. The molecule has 0 radical (unpaired) electrons. The van der Waals surface area contributed by atoms with E-state index in [0.717, 1.165) is 108 Å². The highest BCUT2D eigenvalue weighted by Crippen LogP contribution is 2.45. The van der Waals surface area contributed by atoms with E-state index in [1.807, 2.05) is 0 Å². The number of hydrogen-bond donors (Lipinski definition) is 3. The minimum Gasteiger partial charge on any atom is -0.462 e. The normalized spacial score (nSPS) is 14.4. The molecule has 17 nitrogen and oxygen atoms in total. The number of aliphatic hydroxyl groups is 1. The standard InChI is InChI=1S/C87H170O17P2/c1-8-11-12-13-14-15-30-40-47-54-61-68-84(89)97-74-83(104-87(92)71-64-57-50-43-36-35-39-46-53-60-67-80(7)10-3)77-102-106(95,96)100-73-81(88)72-99-105(93,94)101-76-82(75-98-85(90)69-62-55-48-41-33-28-24-21-20-22-26-31-37-44-51-58-65-78(4)5)103-86(91)70-63-56-49-42-34-29-25-19-17-16-18-23-27-32-38-45-52-59-66-79(6)9-2/h78-83,88H,8-77H2,1-7H3,(H,93,94)(H,95,96)/t79?,80?,81-,82-,83-/m1/s1. The highest BCUT2D eigenvalue weighted by molar-refractivity contribution is 7.47. The second-order valence-corrected chi connectivity index (χ2v) is 35.1. The summed E-state index contributed by atoms with van der Waals surface area (Å²) < 4.78 is 68.9. The SMILES string of the molecule is CCCCCCCCCCCCCC(=O)OC[C@H](COP(=O)(O)OC[C@H](O)COP(=O)(O)OC[C@@H](COC(=O)CCCCCCCCCCCCCCCCCCC(C)C)OC(=O)CCCCCCCCCCCCCCCCCCCCC(C)CC)OC(=O)CCCCCCCCCCCCC(C)CC. The number of phosphoric ester groups is 2. The first-order valence-electron chi connectivity index (χ1n) is 44.9. The van der Waals surface area contributed by atoms with Gasteiger partial charge in [0.1, 0.15) is 19.3 Å². The summed E-state index contributed by atoms with van der Waals surface area (Å²) in [5.41, 5.74) is 0. The van der Waals surface area contributed by atoms with Crippen LogP contribution < -0.4 is 0 Å². The molecule has 0 aliphatic rings. The smallest absolute Gasteiger partial charge is 0.462 e. The molecule has 0 saturated carbocycles. The van der Waals surface area contributed by atoms with Gasteiger partial charge in [0.05, 0.1) is 26.4 Å². The molecule has 0 amide bonds. The highest BCUT2D eigenvalue weighted by Gasteiger charge is 2.31. The Morgan fingerprint density at radius 1 is 0.274 bits per heavy atom. The molecule has 0 aromatic rings. The van der Waals surface area contributed by atoms with E-state index in [1.165, 1.54) is 270 Å². The van der Waals surface area contributed by atoms with Gasteiger partial charge in [0.25, 0.3) is 0 Å². The molecule has 0 aliphatic heterocycles. The maximum Gasteiger partial charge on any atom is 0.472 e. The van der Waals surface area contributed by atoms with E-state index in [1.54, 1.807) is 0 Å². The zero-order valence-electron chi connectivity index (χ0n) is 69.9. The van der Waals surface area contributed by atoms with Crippen LogP contribution >= 0.6 is 15.6 Å². The number of carbonyl (C=O) groups excluding carboxylic acids is 4. The number of rotatable bonds is 85. The van der Waals surface area contributed by atoms with Crippen molar-refractivity contribution in [2.45, 2.75) is 478 Å². The Morgan fingerprint density at radius 3 is 0.717 bits per heavy atom. The maximum absolute atomic E-state index is 13.2. The van der Waals surface area contributed by atoms with Gasteiger partial charge >= 0.3 is 39.5 Å². The van der Waals surface area contributed by atoms with Gasteiger partial charge in [0.15, 0.2) is 12.2 Å². The third-order valence-corrected chi connectivity index (χ3v) is 23.0. The van der Waals surface area contributed by atoms with Crippen molar-refractivity contribution >= 4 is 39.5 Å². The second-order valence-electron chi connectivity index (χ2n) is 32.2. The lowest BCUT2D eigenvalue weighted by molar-refractivity contribution is -0.161. The largest absolute Gasteiger partial charge is 0.472 e. The molecule has 0 aliphatic carbocycles. The molecule has 0 aromatic carbocycles. The summed E-state index contributed by atoms with van der Waals surface area (Å²) in [4.78, 5) is 73.2. The van der Waals surface area contributed by atoms with Gasteiger partial charge in [-0.05, 0) is 43.4 Å². The Kier molecular flexibility index (Phi) is 75.6. The van der Waals surface area contributed by atoms with Crippen molar-refractivity contribution in [1.82, 2.24) is 0 Å². The molecule has 7 atom stereocenters. The maximum atomic E-state index is 13.2. The van der Waals surface area contributed by atoms with Crippen molar-refractivity contribution in [1.29, 1.82) is 0 Å². The zero-order valence-corrected chi connectivity index (χ0v) is 71.7. The Labute approximate surface area is 651 Å². The molecule has 19 heteroatoms. The molecule has 0 fully saturated rings. The minimum absolute atomic E-state index is 0.107. The number of carbonyl (C=O) groups is 4. The summed E-state index contributed by atoms with van der Waals surface area (Å²) in [6.07, 6.45) is 67.9. The number of unbranched alkanes of at least 4 members (excludes halogenated alkanes) is 51. The number of ether oxygens (including phenoxy) is 4. The monoisotopic (exact) mass is 1550 g/mol. The summed E-state index contributed by atoms with van der Waals surface area (Å²) in [5.74, 6) is 0.384. The molecule has 0 heterocycles. The van der Waals surface area contributed by atoms with Crippen LogP contribution in [0.4, 0.5) is 0 Å². The second kappa shape index (κ2) is 77.0. The van der Waals surface area contributed by atoms with E-state index in [4.69, 9.17) is 37.0 Å². The van der Waals surface area contributed by atoms with Crippen molar-refractivity contribution < 1.29 is 80.2 Å². The summed E-state index contributed by atoms with van der Waals surface area (Å²) in [6.45, 7) is 12.1. The van der Waals surface area contributed by atoms with E-state index < -0.39 is 97.5 Å². The van der Waals surface area contributed by atoms with Crippen LogP contribution in [0, 0.1) is 17.8 Å². The van der Waals surface area contributed by atoms with Crippen LogP contribution in [0.3, 0.4) is 0 Å². The third-order valence-electron chi connectivity index (χ3n) is 21.1. The lowest BCUT2D eigenvalue weighted by Gasteiger charge is -2.21. The Hall–Kier alpha value is -1.94. The van der Waals surface area contributed by atoms with Crippen LogP contribution in [0.1, 0.15) is 459 Å². The van der Waals surface area contributed by atoms with E-state index in [2.05, 4.69) is 48.5 Å². The van der Waals surface area contributed by atoms with Gasteiger partial charge in [0.2, 0.25) is 0 Å². The van der Waals surface area contributed by atoms with Crippen molar-refractivity contribution in [2.75, 3.05) is 39.6 Å². The van der Waals surface area contributed by atoms with Crippen LogP contribution in [0.15, 0.2) is 0 Å². The van der Waals surface area contributed by atoms with Gasteiger partial charge in [-0.1, -0.05) is 408 Å². The fraction of sp³-hybridized carbons (Fsp3) is 0.954. The molecule has 630 valence electrons. The van der Waals surface area contributed by atoms with E-state index in [0.29, 0.717) is 25.7 Å². The molecule has 4 unspecified atom stereocenters. The molecule has 0 saturated heterocycles. The number of phosphoric acid groups is 2. The Bertz CT molecular complexity index is 2050. The van der Waals surface area contributed by atoms with Gasteiger partial charge in [-0.25, -0.2) is 9.13 Å². The summed E-state index contributed by atoms with van der Waals surface area (Å²) in [5, 5.41) is 10.7. The fourth-order valence-corrected chi connectivity index (χ4v) is 15.1. The van der Waals surface area contributed by atoms with Crippen molar-refractivity contribution in [2.24, 2.45) is 17.8 Å². The number of hydrogen-bond acceptors (Lipinski definition) is 15. The van der Waals surface area contributed by atoms with Crippen molar-refractivity contribution in [3.05, 3.63) is 0 Å². The molecule has 0 rings (SSSR count). The summed E-state index contributed by atoms with van der Waals surface area (Å²) in [6, 6.07) is 0. The quantitative estimate of drug-likeness (QED) is 0.0222. The molecule has 0 bridgehead atoms. The van der Waals surface area contributed by atoms with Gasteiger partial charge in [0, 0.05) is 25.7 Å². The zero-order chi connectivity index (χ0) is 77.9. The Morgan fingerprint density at radius 2 is 0.481 bits per heavy atom. The Balaban J connectivity index is 5.23. The average molecular weight is 1550 g/mol. The lowest BCUT2D eigenvalue weighted by atomic mass is 9.99. The van der Waals surface area contributed by atoms with Gasteiger partial charge in [-0.2, -0.15) is 0 Å². The van der Waals surface area contributed by atoms with E-state index in [-0.39, 0.29) is 25.7 Å². The first kappa shape index (κ1) is 104. The number of esters is 4. The third kappa shape index (κ3) is 77.4. The van der Waals surface area contributed by atoms with E-state index in [9.17, 15) is 43.2 Å². The number of aliphatic hydroxyl groups excluding tert-OH is 1. The van der Waals surface area contributed by atoms with Gasteiger partial charge < -0.3 is 33.8 Å². The van der Waals surface area contributed by atoms with Crippen LogP contribution in [-0.2, 0) is 65.4 Å². The van der Waals surface area contributed by atoms with Crippen LogP contribution in [-0.4, -0.2) is 96.7 Å². The van der Waals surface area contributed by atoms with Crippen molar-refractivity contribution in [3.63, 3.8) is 0 Å². The van der Waals surface area contributed by atoms with Crippen LogP contribution in [0.5, 0.6) is 0 Å². The summed E-state index contributed by atoms with van der Waals surface area (Å²) >= 11 is 0. The first-order valence-corrected chi connectivity index (χ1v) is 47.9. The average Bonchev–Trinajstić information content (AvgIpc) is 0.902. The molecule has 0 spiro atoms. The first-order chi connectivity index (χ1) is 51.3.